The van der Waals surface area contributed by atoms with Crippen LogP contribution < -0.4 is 10.3 Å². The smallest absolute Gasteiger partial charge is 0.280 e. The van der Waals surface area contributed by atoms with E-state index in [-0.39, 0.29) is 12.2 Å². The number of ether oxygens (including phenoxy) is 2. The third-order valence-electron chi connectivity index (χ3n) is 5.50. The van der Waals surface area contributed by atoms with Crippen LogP contribution in [0.4, 0.5) is 0 Å². The molecule has 3 aromatic carbocycles. The predicted octanol–water partition coefficient (Wildman–Crippen LogP) is 5.08. The summed E-state index contributed by atoms with van der Waals surface area (Å²) in [5, 5.41) is 3.20. The molecule has 2 heterocycles. The summed E-state index contributed by atoms with van der Waals surface area (Å²) in [7, 11) is 1.62. The Morgan fingerprint density at radius 2 is 1.55 bits per heavy atom. The Kier molecular flexibility index (Phi) is 5.74. The number of methoxy groups -OCH3 is 1. The van der Waals surface area contributed by atoms with Gasteiger partial charge in [0.1, 0.15) is 5.75 Å². The highest BCUT2D eigenvalue weighted by atomic mass is 16.5. The normalized spacial score (nSPS) is 11.1. The maximum Gasteiger partial charge on any atom is 0.280 e. The van der Waals surface area contributed by atoms with Crippen molar-refractivity contribution in [3.05, 3.63) is 113 Å². The summed E-state index contributed by atoms with van der Waals surface area (Å²) >= 11 is 0. The number of aromatic amines is 1. The molecule has 0 atom stereocenters. The van der Waals surface area contributed by atoms with Crippen molar-refractivity contribution >= 4 is 5.65 Å². The average molecular weight is 437 g/mol. The summed E-state index contributed by atoms with van der Waals surface area (Å²) in [6, 6.07) is 29.1. The van der Waals surface area contributed by atoms with Crippen molar-refractivity contribution in [1.29, 1.82) is 0 Å². The Balaban J connectivity index is 1.57. The van der Waals surface area contributed by atoms with Gasteiger partial charge in [-0.3, -0.25) is 9.89 Å². The number of hydrogen-bond acceptors (Lipinski definition) is 4. The Morgan fingerprint density at radius 3 is 2.24 bits per heavy atom. The summed E-state index contributed by atoms with van der Waals surface area (Å²) in [6.07, 6.45) is 0. The highest BCUT2D eigenvalue weighted by molar-refractivity contribution is 5.69. The van der Waals surface area contributed by atoms with E-state index in [0.717, 1.165) is 28.1 Å². The summed E-state index contributed by atoms with van der Waals surface area (Å²) in [5.41, 5.74) is 5.11. The number of rotatable bonds is 7. The zero-order valence-electron chi connectivity index (χ0n) is 18.2. The van der Waals surface area contributed by atoms with E-state index in [1.807, 2.05) is 91.0 Å². The van der Waals surface area contributed by atoms with E-state index in [4.69, 9.17) is 14.5 Å². The number of fused-ring (bicyclic) bond motifs is 1. The number of H-pyrrole nitrogens is 1. The Labute approximate surface area is 191 Å². The van der Waals surface area contributed by atoms with Gasteiger partial charge in [0.25, 0.3) is 5.56 Å². The molecular formula is C27H23N3O3. The lowest BCUT2D eigenvalue weighted by Crippen LogP contribution is -2.20. The second-order valence-corrected chi connectivity index (χ2v) is 7.67. The van der Waals surface area contributed by atoms with Crippen LogP contribution in [0.3, 0.4) is 0 Å². The second-order valence-electron chi connectivity index (χ2n) is 7.67. The van der Waals surface area contributed by atoms with E-state index >= 15 is 0 Å². The molecule has 0 spiro atoms. The molecule has 5 rings (SSSR count). The number of hydrogen-bond donors (Lipinski definition) is 1. The topological polar surface area (TPSA) is 68.6 Å². The number of benzene rings is 3. The van der Waals surface area contributed by atoms with Crippen LogP contribution in [0, 0.1) is 0 Å². The van der Waals surface area contributed by atoms with Crippen molar-refractivity contribution in [2.45, 2.75) is 13.2 Å². The van der Waals surface area contributed by atoms with E-state index in [0.29, 0.717) is 23.5 Å². The molecule has 6 heteroatoms. The molecule has 2 aromatic heterocycles. The first-order chi connectivity index (χ1) is 16.2. The van der Waals surface area contributed by atoms with Gasteiger partial charge in [0, 0.05) is 6.07 Å². The molecule has 0 fully saturated rings. The number of nitrogens with one attached hydrogen (secondary N) is 1. The summed E-state index contributed by atoms with van der Waals surface area (Å²) in [4.78, 5) is 18.4. The van der Waals surface area contributed by atoms with Crippen molar-refractivity contribution in [3.8, 4) is 28.1 Å². The highest BCUT2D eigenvalue weighted by Gasteiger charge is 2.17. The van der Waals surface area contributed by atoms with Gasteiger partial charge < -0.3 is 9.47 Å². The molecule has 0 amide bonds. The van der Waals surface area contributed by atoms with Crippen molar-refractivity contribution < 1.29 is 9.47 Å². The van der Waals surface area contributed by atoms with Crippen LogP contribution in [0.5, 0.6) is 5.75 Å². The minimum atomic E-state index is -0.175. The third-order valence-corrected chi connectivity index (χ3v) is 5.50. The molecule has 0 aliphatic carbocycles. The molecule has 0 bridgehead atoms. The largest absolute Gasteiger partial charge is 0.497 e. The number of aromatic nitrogens is 3. The second kappa shape index (κ2) is 9.14. The maximum absolute atomic E-state index is 13.6. The lowest BCUT2D eigenvalue weighted by atomic mass is 10.1. The van der Waals surface area contributed by atoms with Gasteiger partial charge in [-0.1, -0.05) is 72.8 Å². The lowest BCUT2D eigenvalue weighted by molar-refractivity contribution is 0.105. The van der Waals surface area contributed by atoms with Gasteiger partial charge in [-0.05, 0) is 28.8 Å². The molecule has 0 saturated heterocycles. The fourth-order valence-electron chi connectivity index (χ4n) is 3.83. The van der Waals surface area contributed by atoms with Crippen molar-refractivity contribution in [2.75, 3.05) is 7.11 Å². The van der Waals surface area contributed by atoms with E-state index in [1.165, 1.54) is 4.52 Å². The van der Waals surface area contributed by atoms with Crippen LogP contribution in [0.1, 0.15) is 11.3 Å². The zero-order valence-corrected chi connectivity index (χ0v) is 18.2. The number of nitrogens with zero attached hydrogens (tertiary/aromatic N) is 2. The van der Waals surface area contributed by atoms with Crippen molar-refractivity contribution in [1.82, 2.24) is 14.6 Å². The van der Waals surface area contributed by atoms with E-state index in [9.17, 15) is 4.79 Å². The molecule has 6 nitrogen and oxygen atoms in total. The standard InChI is InChI=1S/C27H23N3O3/c1-32-22-14-12-21(13-15-22)26-24(18-33-17-19-8-4-2-5-9-19)28-25-16-23(29-30(25)27(26)31)20-10-6-3-7-11-20/h2-16,29H,17-18H2,1H3. The van der Waals surface area contributed by atoms with Crippen LogP contribution >= 0.6 is 0 Å². The van der Waals surface area contributed by atoms with Gasteiger partial charge in [-0.2, -0.15) is 0 Å². The van der Waals surface area contributed by atoms with Gasteiger partial charge in [-0.15, -0.1) is 0 Å². The fourth-order valence-corrected chi connectivity index (χ4v) is 3.83. The van der Waals surface area contributed by atoms with Gasteiger partial charge >= 0.3 is 0 Å². The van der Waals surface area contributed by atoms with Gasteiger partial charge in [0.15, 0.2) is 5.65 Å². The van der Waals surface area contributed by atoms with Crippen molar-refractivity contribution in [3.63, 3.8) is 0 Å². The van der Waals surface area contributed by atoms with Crippen LogP contribution in [0.2, 0.25) is 0 Å². The van der Waals surface area contributed by atoms with E-state index in [2.05, 4.69) is 5.10 Å². The van der Waals surface area contributed by atoms with Crippen LogP contribution in [-0.2, 0) is 18.0 Å². The molecule has 0 aliphatic rings. The molecule has 0 aliphatic heterocycles. The van der Waals surface area contributed by atoms with Crippen LogP contribution in [0.15, 0.2) is 95.8 Å². The first-order valence-corrected chi connectivity index (χ1v) is 10.7. The molecule has 33 heavy (non-hydrogen) atoms. The summed E-state index contributed by atoms with van der Waals surface area (Å²) < 4.78 is 12.7. The quantitative estimate of drug-likeness (QED) is 0.385. The van der Waals surface area contributed by atoms with Crippen molar-refractivity contribution in [2.24, 2.45) is 0 Å². The Hall–Kier alpha value is -4.16. The molecule has 164 valence electrons. The van der Waals surface area contributed by atoms with Crippen LogP contribution in [0.25, 0.3) is 28.0 Å². The molecular weight excluding hydrogens is 414 g/mol. The monoisotopic (exact) mass is 437 g/mol. The fraction of sp³-hybridized carbons (Fsp3) is 0.111. The molecule has 1 N–H and O–H groups in total. The molecule has 5 aromatic rings. The molecule has 0 saturated carbocycles. The van der Waals surface area contributed by atoms with Crippen LogP contribution in [-0.4, -0.2) is 21.7 Å². The molecule has 0 unspecified atom stereocenters. The minimum Gasteiger partial charge on any atom is -0.497 e. The predicted molar refractivity (Wildman–Crippen MR) is 128 cm³/mol. The van der Waals surface area contributed by atoms with Gasteiger partial charge in [-0.25, -0.2) is 9.50 Å². The maximum atomic E-state index is 13.6. The summed E-state index contributed by atoms with van der Waals surface area (Å²) in [6.45, 7) is 0.653. The van der Waals surface area contributed by atoms with Gasteiger partial charge in [0.2, 0.25) is 0 Å². The lowest BCUT2D eigenvalue weighted by Gasteiger charge is -2.11. The zero-order chi connectivity index (χ0) is 22.6. The van der Waals surface area contributed by atoms with E-state index < -0.39 is 0 Å². The Morgan fingerprint density at radius 1 is 0.848 bits per heavy atom. The third kappa shape index (κ3) is 4.29. The SMILES string of the molecule is COc1ccc(-c2c(COCc3ccccc3)nc3cc(-c4ccccc4)[nH]n3c2=O)cc1. The van der Waals surface area contributed by atoms with Gasteiger partial charge in [0.05, 0.1) is 37.3 Å². The minimum absolute atomic E-state index is 0.175. The first-order valence-electron chi connectivity index (χ1n) is 10.7. The first kappa shape index (κ1) is 20.7. The highest BCUT2D eigenvalue weighted by Crippen LogP contribution is 2.25. The summed E-state index contributed by atoms with van der Waals surface area (Å²) in [5.74, 6) is 0.723. The molecule has 0 radical (unpaired) electrons. The Bertz CT molecular complexity index is 1420. The van der Waals surface area contributed by atoms with E-state index in [1.54, 1.807) is 7.11 Å². The average Bonchev–Trinajstić information content (AvgIpc) is 3.30.